The summed E-state index contributed by atoms with van der Waals surface area (Å²) in [5.74, 6) is 0. The van der Waals surface area contributed by atoms with Crippen molar-refractivity contribution in [1.29, 1.82) is 0 Å². The molecule has 4 heteroatoms. The molecule has 0 aliphatic heterocycles. The maximum absolute atomic E-state index is 4.70. The Morgan fingerprint density at radius 2 is 1.16 bits per heavy atom. The standard InChI is InChI=1S/C45H29N3S/c1-2-11-34(12-3-1)48-41-14-7-6-13-38(41)40-28-36(23-25-42(40)48)47(37-22-24-39-44(29-37)49-43-15-8-26-46-45(39)43)35-20-18-31(19-21-35)33-17-16-30-9-4-5-10-32(30)27-33/h1-29H. The molecule has 0 saturated heterocycles. The summed E-state index contributed by atoms with van der Waals surface area (Å²) < 4.78 is 4.80. The SMILES string of the molecule is c1ccc(-n2c3ccccc3c3cc(N(c4ccc(-c5ccc6ccccc6c5)cc4)c4ccc5c(c4)sc4cccnc45)ccc32)cc1. The van der Waals surface area contributed by atoms with Crippen molar-refractivity contribution in [3.05, 3.63) is 176 Å². The zero-order valence-corrected chi connectivity index (χ0v) is 27.3. The molecule has 3 aromatic heterocycles. The second-order valence-electron chi connectivity index (χ2n) is 12.5. The molecule has 0 amide bonds. The van der Waals surface area contributed by atoms with Gasteiger partial charge in [-0.15, -0.1) is 11.3 Å². The van der Waals surface area contributed by atoms with Gasteiger partial charge >= 0.3 is 0 Å². The summed E-state index contributed by atoms with van der Waals surface area (Å²) in [6.07, 6.45) is 1.88. The largest absolute Gasteiger partial charge is 0.310 e. The fourth-order valence-electron chi connectivity index (χ4n) is 7.30. The van der Waals surface area contributed by atoms with Crippen molar-refractivity contribution in [3.63, 3.8) is 0 Å². The fourth-order valence-corrected chi connectivity index (χ4v) is 8.40. The summed E-state index contributed by atoms with van der Waals surface area (Å²) in [5, 5.41) is 6.16. The predicted octanol–water partition coefficient (Wildman–Crippen LogP) is 12.8. The van der Waals surface area contributed by atoms with Crippen molar-refractivity contribution in [2.75, 3.05) is 4.90 Å². The average Bonchev–Trinajstić information content (AvgIpc) is 3.70. The van der Waals surface area contributed by atoms with E-state index in [0.29, 0.717) is 0 Å². The van der Waals surface area contributed by atoms with Gasteiger partial charge in [0.2, 0.25) is 0 Å². The van der Waals surface area contributed by atoms with Gasteiger partial charge in [0.25, 0.3) is 0 Å². The zero-order valence-electron chi connectivity index (χ0n) is 26.5. The van der Waals surface area contributed by atoms with Crippen molar-refractivity contribution < 1.29 is 0 Å². The Bertz CT molecular complexity index is 2830. The summed E-state index contributed by atoms with van der Waals surface area (Å²) in [5.41, 5.74) is 10.4. The smallest absolute Gasteiger partial charge is 0.0888 e. The van der Waals surface area contributed by atoms with Crippen LogP contribution in [0.2, 0.25) is 0 Å². The minimum atomic E-state index is 1.07. The van der Waals surface area contributed by atoms with Gasteiger partial charge in [-0.05, 0) is 107 Å². The lowest BCUT2D eigenvalue weighted by molar-refractivity contribution is 1.18. The van der Waals surface area contributed by atoms with Crippen LogP contribution in [0, 0.1) is 0 Å². The van der Waals surface area contributed by atoms with Crippen molar-refractivity contribution in [2.24, 2.45) is 0 Å². The summed E-state index contributed by atoms with van der Waals surface area (Å²) in [6, 6.07) is 61.4. The molecule has 0 saturated carbocycles. The van der Waals surface area contributed by atoms with Crippen LogP contribution in [0.25, 0.3) is 69.7 Å². The highest BCUT2D eigenvalue weighted by molar-refractivity contribution is 7.25. The second-order valence-corrected chi connectivity index (χ2v) is 13.6. The molecule has 0 unspecified atom stereocenters. The van der Waals surface area contributed by atoms with Gasteiger partial charge in [0.15, 0.2) is 0 Å². The van der Waals surface area contributed by atoms with Gasteiger partial charge in [-0.25, -0.2) is 0 Å². The number of pyridine rings is 1. The van der Waals surface area contributed by atoms with Gasteiger partial charge in [-0.2, -0.15) is 0 Å². The molecule has 0 aliphatic rings. The van der Waals surface area contributed by atoms with E-state index in [1.54, 1.807) is 11.3 Å². The molecule has 230 valence electrons. The molecule has 0 radical (unpaired) electrons. The van der Waals surface area contributed by atoms with Gasteiger partial charge in [-0.1, -0.05) is 84.9 Å². The molecule has 0 spiro atoms. The van der Waals surface area contributed by atoms with Crippen LogP contribution in [-0.2, 0) is 0 Å². The van der Waals surface area contributed by atoms with E-state index in [-0.39, 0.29) is 0 Å². The number of benzene rings is 7. The first-order chi connectivity index (χ1) is 24.3. The van der Waals surface area contributed by atoms with Crippen LogP contribution in [0.15, 0.2) is 176 Å². The van der Waals surface area contributed by atoms with E-state index >= 15 is 0 Å². The van der Waals surface area contributed by atoms with Gasteiger partial charge < -0.3 is 9.47 Å². The lowest BCUT2D eigenvalue weighted by Crippen LogP contribution is -2.09. The van der Waals surface area contributed by atoms with Crippen LogP contribution in [0.4, 0.5) is 17.1 Å². The lowest BCUT2D eigenvalue weighted by atomic mass is 10.0. The van der Waals surface area contributed by atoms with Gasteiger partial charge in [0, 0.05) is 49.8 Å². The molecule has 0 N–H and O–H groups in total. The minimum Gasteiger partial charge on any atom is -0.310 e. The molecule has 3 heterocycles. The molecule has 0 bridgehead atoms. The number of para-hydroxylation sites is 2. The van der Waals surface area contributed by atoms with E-state index < -0.39 is 0 Å². The fraction of sp³-hybridized carbons (Fsp3) is 0. The molecular weight excluding hydrogens is 615 g/mol. The molecule has 10 rings (SSSR count). The number of rotatable bonds is 5. The molecule has 0 aliphatic carbocycles. The predicted molar refractivity (Wildman–Crippen MR) is 209 cm³/mol. The van der Waals surface area contributed by atoms with Crippen molar-refractivity contribution >= 4 is 81.3 Å². The molecule has 3 nitrogen and oxygen atoms in total. The van der Waals surface area contributed by atoms with Crippen LogP contribution in [0.5, 0.6) is 0 Å². The van der Waals surface area contributed by atoms with Gasteiger partial charge in [0.1, 0.15) is 0 Å². The zero-order chi connectivity index (χ0) is 32.3. The van der Waals surface area contributed by atoms with E-state index in [9.17, 15) is 0 Å². The van der Waals surface area contributed by atoms with Crippen molar-refractivity contribution in [2.45, 2.75) is 0 Å². The number of aromatic nitrogens is 2. The maximum Gasteiger partial charge on any atom is 0.0888 e. The van der Waals surface area contributed by atoms with Gasteiger partial charge in [0.05, 0.1) is 21.3 Å². The number of fused-ring (bicyclic) bond motifs is 7. The molecule has 7 aromatic carbocycles. The Labute approximate surface area is 287 Å². The minimum absolute atomic E-state index is 1.07. The first-order valence-electron chi connectivity index (χ1n) is 16.5. The Balaban J connectivity index is 1.16. The molecule has 0 atom stereocenters. The highest BCUT2D eigenvalue weighted by atomic mass is 32.1. The summed E-state index contributed by atoms with van der Waals surface area (Å²) in [7, 11) is 0. The van der Waals surface area contributed by atoms with E-state index in [0.717, 1.165) is 28.3 Å². The topological polar surface area (TPSA) is 21.1 Å². The van der Waals surface area contributed by atoms with Crippen LogP contribution >= 0.6 is 11.3 Å². The number of thiophene rings is 1. The number of anilines is 3. The van der Waals surface area contributed by atoms with Crippen LogP contribution < -0.4 is 4.90 Å². The van der Waals surface area contributed by atoms with E-state index in [1.165, 1.54) is 58.5 Å². The number of nitrogens with zero attached hydrogens (tertiary/aromatic N) is 3. The second kappa shape index (κ2) is 11.2. The Kier molecular flexibility index (Phi) is 6.36. The lowest BCUT2D eigenvalue weighted by Gasteiger charge is -2.26. The summed E-state index contributed by atoms with van der Waals surface area (Å²) >= 11 is 1.80. The first-order valence-corrected chi connectivity index (χ1v) is 17.4. The van der Waals surface area contributed by atoms with Crippen LogP contribution in [0.1, 0.15) is 0 Å². The molecule has 49 heavy (non-hydrogen) atoms. The molecule has 10 aromatic rings. The Morgan fingerprint density at radius 3 is 2.06 bits per heavy atom. The van der Waals surface area contributed by atoms with E-state index in [4.69, 9.17) is 4.98 Å². The normalized spacial score (nSPS) is 11.7. The molecular formula is C45H29N3S. The van der Waals surface area contributed by atoms with Crippen LogP contribution in [0.3, 0.4) is 0 Å². The third kappa shape index (κ3) is 4.61. The summed E-state index contributed by atoms with van der Waals surface area (Å²) in [6.45, 7) is 0. The Hall–Kier alpha value is -6.23. The summed E-state index contributed by atoms with van der Waals surface area (Å²) in [4.78, 5) is 7.09. The highest BCUT2D eigenvalue weighted by Crippen LogP contribution is 2.43. The third-order valence-corrected chi connectivity index (χ3v) is 10.7. The highest BCUT2D eigenvalue weighted by Gasteiger charge is 2.19. The first kappa shape index (κ1) is 27.8. The van der Waals surface area contributed by atoms with Crippen LogP contribution in [-0.4, -0.2) is 9.55 Å². The monoisotopic (exact) mass is 643 g/mol. The van der Waals surface area contributed by atoms with E-state index in [1.807, 2.05) is 12.3 Å². The Morgan fingerprint density at radius 1 is 0.449 bits per heavy atom. The van der Waals surface area contributed by atoms with Crippen molar-refractivity contribution in [3.8, 4) is 16.8 Å². The van der Waals surface area contributed by atoms with E-state index in [2.05, 4.69) is 173 Å². The quantitative estimate of drug-likeness (QED) is 0.186. The number of hydrogen-bond donors (Lipinski definition) is 0. The molecule has 0 fully saturated rings. The van der Waals surface area contributed by atoms with Crippen molar-refractivity contribution in [1.82, 2.24) is 9.55 Å². The number of hydrogen-bond acceptors (Lipinski definition) is 3. The maximum atomic E-state index is 4.70. The van der Waals surface area contributed by atoms with Gasteiger partial charge in [-0.3, -0.25) is 4.98 Å². The third-order valence-electron chi connectivity index (χ3n) is 9.61. The average molecular weight is 644 g/mol.